The van der Waals surface area contributed by atoms with Gasteiger partial charge in [0, 0.05) is 12.6 Å². The highest BCUT2D eigenvalue weighted by Gasteiger charge is 2.33. The van der Waals surface area contributed by atoms with E-state index in [2.05, 4.69) is 5.32 Å². The smallest absolute Gasteiger partial charge is 0.264 e. The Morgan fingerprint density at radius 1 is 0.872 bits per heavy atom. The maximum absolute atomic E-state index is 14.0. The van der Waals surface area contributed by atoms with Gasteiger partial charge in [-0.2, -0.15) is 0 Å². The molecule has 1 atom stereocenters. The molecule has 1 N–H and O–H groups in total. The molecule has 0 bridgehead atoms. The first-order chi connectivity index (χ1) is 18.8. The molecular weight excluding hydrogens is 510 g/mol. The van der Waals surface area contributed by atoms with Gasteiger partial charge in [0.25, 0.3) is 10.0 Å². The normalized spacial score (nSPS) is 14.8. The lowest BCUT2D eigenvalue weighted by atomic mass is 9.95. The molecule has 3 aromatic rings. The highest BCUT2D eigenvalue weighted by Crippen LogP contribution is 2.25. The van der Waals surface area contributed by atoms with Gasteiger partial charge in [0.1, 0.15) is 12.6 Å². The minimum Gasteiger partial charge on any atom is -0.352 e. The molecule has 1 aliphatic carbocycles. The standard InChI is InChI=1S/C31H37N3O4S/c1-24-18-20-28(21-19-24)34(39(37,38)29-16-10-5-11-17-29)23-30(35)33(22-26-12-6-3-7-13-26)25(2)31(36)32-27-14-8-4-9-15-27/h3,5-7,10-13,16-21,25,27H,4,8-9,14-15,22-23H2,1-2H3,(H,32,36). The summed E-state index contributed by atoms with van der Waals surface area (Å²) >= 11 is 0. The van der Waals surface area contributed by atoms with Crippen molar-refractivity contribution in [2.75, 3.05) is 10.8 Å². The molecule has 2 amide bonds. The highest BCUT2D eigenvalue weighted by molar-refractivity contribution is 7.92. The predicted octanol–water partition coefficient (Wildman–Crippen LogP) is 5.06. The van der Waals surface area contributed by atoms with E-state index in [0.29, 0.717) is 5.69 Å². The third kappa shape index (κ3) is 7.26. The number of hydrogen-bond acceptors (Lipinski definition) is 4. The monoisotopic (exact) mass is 547 g/mol. The van der Waals surface area contributed by atoms with Crippen LogP contribution in [0.5, 0.6) is 0 Å². The van der Waals surface area contributed by atoms with E-state index in [4.69, 9.17) is 0 Å². The molecule has 8 heteroatoms. The minimum atomic E-state index is -4.05. The van der Waals surface area contributed by atoms with Gasteiger partial charge in [-0.25, -0.2) is 8.42 Å². The molecule has 0 saturated heterocycles. The average molecular weight is 548 g/mol. The molecule has 39 heavy (non-hydrogen) atoms. The third-order valence-electron chi connectivity index (χ3n) is 7.25. The summed E-state index contributed by atoms with van der Waals surface area (Å²) in [5, 5.41) is 3.12. The summed E-state index contributed by atoms with van der Waals surface area (Å²) in [6.07, 6.45) is 5.19. The lowest BCUT2D eigenvalue weighted by Crippen LogP contribution is -2.53. The van der Waals surface area contributed by atoms with Gasteiger partial charge >= 0.3 is 0 Å². The molecule has 1 unspecified atom stereocenters. The molecule has 3 aromatic carbocycles. The Hall–Kier alpha value is -3.65. The van der Waals surface area contributed by atoms with Crippen LogP contribution in [0.3, 0.4) is 0 Å². The fraction of sp³-hybridized carbons (Fsp3) is 0.355. The van der Waals surface area contributed by atoms with Crippen LogP contribution < -0.4 is 9.62 Å². The summed E-state index contributed by atoms with van der Waals surface area (Å²) in [4.78, 5) is 28.9. The molecular formula is C31H37N3O4S. The Balaban J connectivity index is 1.64. The predicted molar refractivity (Wildman–Crippen MR) is 154 cm³/mol. The van der Waals surface area contributed by atoms with Crippen LogP contribution in [-0.4, -0.2) is 43.8 Å². The van der Waals surface area contributed by atoms with Gasteiger partial charge < -0.3 is 10.2 Å². The number of aryl methyl sites for hydroxylation is 1. The zero-order chi connectivity index (χ0) is 27.8. The molecule has 1 saturated carbocycles. The first kappa shape index (κ1) is 28.4. The second-order valence-electron chi connectivity index (χ2n) is 10.2. The fourth-order valence-electron chi connectivity index (χ4n) is 4.89. The van der Waals surface area contributed by atoms with Crippen LogP contribution in [0.2, 0.25) is 0 Å². The van der Waals surface area contributed by atoms with Gasteiger partial charge in [-0.3, -0.25) is 13.9 Å². The number of nitrogens with one attached hydrogen (secondary N) is 1. The summed E-state index contributed by atoms with van der Waals surface area (Å²) in [6, 6.07) is 23.9. The average Bonchev–Trinajstić information content (AvgIpc) is 2.96. The largest absolute Gasteiger partial charge is 0.352 e. The lowest BCUT2D eigenvalue weighted by molar-refractivity contribution is -0.139. The van der Waals surface area contributed by atoms with Crippen molar-refractivity contribution in [3.05, 3.63) is 96.1 Å². The first-order valence-electron chi connectivity index (χ1n) is 13.5. The van der Waals surface area contributed by atoms with Crippen molar-refractivity contribution >= 4 is 27.5 Å². The number of nitrogens with zero attached hydrogens (tertiary/aromatic N) is 2. The van der Waals surface area contributed by atoms with E-state index in [1.165, 1.54) is 23.5 Å². The van der Waals surface area contributed by atoms with Gasteiger partial charge in [-0.1, -0.05) is 85.5 Å². The van der Waals surface area contributed by atoms with Crippen LogP contribution >= 0.6 is 0 Å². The van der Waals surface area contributed by atoms with Crippen molar-refractivity contribution < 1.29 is 18.0 Å². The summed E-state index contributed by atoms with van der Waals surface area (Å²) in [7, 11) is -4.05. The maximum Gasteiger partial charge on any atom is 0.264 e. The van der Waals surface area contributed by atoms with E-state index in [1.807, 2.05) is 49.4 Å². The van der Waals surface area contributed by atoms with Gasteiger partial charge in [0.15, 0.2) is 0 Å². The first-order valence-corrected chi connectivity index (χ1v) is 15.0. The molecule has 0 radical (unpaired) electrons. The van der Waals surface area contributed by atoms with Crippen LogP contribution in [0.4, 0.5) is 5.69 Å². The van der Waals surface area contributed by atoms with E-state index < -0.39 is 28.5 Å². The van der Waals surface area contributed by atoms with Crippen molar-refractivity contribution in [2.45, 2.75) is 69.5 Å². The molecule has 1 fully saturated rings. The Labute approximate surface area is 231 Å². The molecule has 7 nitrogen and oxygen atoms in total. The fourth-order valence-corrected chi connectivity index (χ4v) is 6.33. The van der Waals surface area contributed by atoms with Crippen LogP contribution in [0.15, 0.2) is 89.8 Å². The molecule has 0 aromatic heterocycles. The van der Waals surface area contributed by atoms with Crippen LogP contribution in [0.1, 0.15) is 50.2 Å². The molecule has 4 rings (SSSR count). The highest BCUT2D eigenvalue weighted by atomic mass is 32.2. The van der Waals surface area contributed by atoms with Crippen LogP contribution in [0, 0.1) is 6.92 Å². The Morgan fingerprint density at radius 3 is 2.08 bits per heavy atom. The molecule has 0 aliphatic heterocycles. The Kier molecular flexibility index (Phi) is 9.41. The number of sulfonamides is 1. The van der Waals surface area contributed by atoms with Crippen molar-refractivity contribution in [3.8, 4) is 0 Å². The van der Waals surface area contributed by atoms with Crippen LogP contribution in [0.25, 0.3) is 0 Å². The summed E-state index contributed by atoms with van der Waals surface area (Å²) in [6.45, 7) is 3.38. The lowest BCUT2D eigenvalue weighted by Gasteiger charge is -2.33. The summed E-state index contributed by atoms with van der Waals surface area (Å²) in [5.41, 5.74) is 2.22. The second kappa shape index (κ2) is 12.9. The third-order valence-corrected chi connectivity index (χ3v) is 9.03. The zero-order valence-electron chi connectivity index (χ0n) is 22.6. The number of carbonyl (C=O) groups excluding carboxylic acids is 2. The van der Waals surface area contributed by atoms with E-state index in [0.717, 1.165) is 41.1 Å². The van der Waals surface area contributed by atoms with Crippen molar-refractivity contribution in [1.82, 2.24) is 10.2 Å². The SMILES string of the molecule is Cc1ccc(N(CC(=O)N(Cc2ccccc2)C(C)C(=O)NC2CCCCC2)S(=O)(=O)c2ccccc2)cc1. The van der Waals surface area contributed by atoms with E-state index in [-0.39, 0.29) is 23.4 Å². The molecule has 0 spiro atoms. The van der Waals surface area contributed by atoms with E-state index >= 15 is 0 Å². The van der Waals surface area contributed by atoms with Crippen LogP contribution in [-0.2, 0) is 26.2 Å². The van der Waals surface area contributed by atoms with E-state index in [1.54, 1.807) is 37.3 Å². The van der Waals surface area contributed by atoms with Crippen molar-refractivity contribution in [3.63, 3.8) is 0 Å². The van der Waals surface area contributed by atoms with Crippen molar-refractivity contribution in [2.24, 2.45) is 0 Å². The van der Waals surface area contributed by atoms with Gasteiger partial charge in [-0.05, 0) is 56.5 Å². The summed E-state index contributed by atoms with van der Waals surface area (Å²) < 4.78 is 28.7. The minimum absolute atomic E-state index is 0.0936. The topological polar surface area (TPSA) is 86.8 Å². The molecule has 206 valence electrons. The molecule has 0 heterocycles. The molecule has 1 aliphatic rings. The number of anilines is 1. The van der Waals surface area contributed by atoms with E-state index in [9.17, 15) is 18.0 Å². The summed E-state index contributed by atoms with van der Waals surface area (Å²) in [5.74, 6) is -0.677. The van der Waals surface area contributed by atoms with Gasteiger partial charge in [0.05, 0.1) is 10.6 Å². The second-order valence-corrected chi connectivity index (χ2v) is 12.0. The Morgan fingerprint density at radius 2 is 1.46 bits per heavy atom. The van der Waals surface area contributed by atoms with Gasteiger partial charge in [0.2, 0.25) is 11.8 Å². The number of rotatable bonds is 10. The number of carbonyl (C=O) groups is 2. The van der Waals surface area contributed by atoms with Gasteiger partial charge in [-0.15, -0.1) is 0 Å². The van der Waals surface area contributed by atoms with Crippen molar-refractivity contribution in [1.29, 1.82) is 0 Å². The maximum atomic E-state index is 14.0. The number of benzene rings is 3. The number of hydrogen-bond donors (Lipinski definition) is 1. The zero-order valence-corrected chi connectivity index (χ0v) is 23.4. The number of amides is 2. The Bertz CT molecular complexity index is 1340. The quantitative estimate of drug-likeness (QED) is 0.385.